The summed E-state index contributed by atoms with van der Waals surface area (Å²) >= 11 is 5.06. The number of hydrogen-bond donors (Lipinski definition) is 3. The zero-order valence-corrected chi connectivity index (χ0v) is 16.7. The number of primary amides is 1. The molecule has 0 heterocycles. The van der Waals surface area contributed by atoms with Crippen LogP contribution in [-0.4, -0.2) is 29.5 Å². The molecule has 2 rings (SSSR count). The number of aryl methyl sites for hydroxylation is 1. The molecule has 0 aliphatic carbocycles. The first-order valence-electron chi connectivity index (χ1n) is 9.15. The second-order valence-corrected chi connectivity index (χ2v) is 6.63. The van der Waals surface area contributed by atoms with E-state index in [1.807, 2.05) is 30.3 Å². The molecule has 2 aromatic rings. The van der Waals surface area contributed by atoms with Gasteiger partial charge in [0.2, 0.25) is 5.91 Å². The molecular formula is C21H23N3O4S. The molecule has 7 nitrogen and oxygen atoms in total. The lowest BCUT2D eigenvalue weighted by atomic mass is 10.1. The normalized spacial score (nSPS) is 10.1. The Labute approximate surface area is 174 Å². The molecular weight excluding hydrogens is 390 g/mol. The first kappa shape index (κ1) is 22.0. The molecule has 0 aromatic heterocycles. The van der Waals surface area contributed by atoms with Gasteiger partial charge in [0.25, 0.3) is 5.91 Å². The summed E-state index contributed by atoms with van der Waals surface area (Å²) < 4.78 is 5.14. The quantitative estimate of drug-likeness (QED) is 0.331. The van der Waals surface area contributed by atoms with Gasteiger partial charge in [-0.2, -0.15) is 0 Å². The minimum absolute atomic E-state index is 0.0138. The van der Waals surface area contributed by atoms with Crippen molar-refractivity contribution < 1.29 is 19.1 Å². The fraction of sp³-hybridized carbons (Fsp3) is 0.238. The van der Waals surface area contributed by atoms with Gasteiger partial charge >= 0.3 is 5.97 Å². The lowest BCUT2D eigenvalue weighted by Crippen LogP contribution is -2.35. The minimum Gasteiger partial charge on any atom is -0.466 e. The number of rotatable bonds is 9. The monoisotopic (exact) mass is 413 g/mol. The second kappa shape index (κ2) is 11.6. The minimum atomic E-state index is -0.614. The summed E-state index contributed by atoms with van der Waals surface area (Å²) in [6.07, 6.45) is 1.44. The Morgan fingerprint density at radius 2 is 1.66 bits per heavy atom. The van der Waals surface area contributed by atoms with Gasteiger partial charge in [0.05, 0.1) is 24.3 Å². The lowest BCUT2D eigenvalue weighted by Gasteiger charge is -2.12. The highest BCUT2D eigenvalue weighted by Gasteiger charge is 2.12. The number of anilines is 1. The Morgan fingerprint density at radius 1 is 0.966 bits per heavy atom. The van der Waals surface area contributed by atoms with Crippen molar-refractivity contribution in [1.29, 1.82) is 0 Å². The molecule has 0 aliphatic heterocycles. The Morgan fingerprint density at radius 3 is 2.38 bits per heavy atom. The van der Waals surface area contributed by atoms with E-state index in [9.17, 15) is 14.4 Å². The zero-order valence-electron chi connectivity index (χ0n) is 15.9. The van der Waals surface area contributed by atoms with Crippen molar-refractivity contribution in [2.45, 2.75) is 25.7 Å². The maximum absolute atomic E-state index is 11.9. The van der Waals surface area contributed by atoms with Gasteiger partial charge in [-0.25, -0.2) is 0 Å². The number of hydrogen-bond acceptors (Lipinski definition) is 5. The SMILES string of the molecule is NC(=O)c1ccccc1NC(=S)NC(=O)CCC(=O)OCCCc1ccccc1. The number of carbonyl (C=O) groups is 3. The highest BCUT2D eigenvalue weighted by atomic mass is 32.1. The summed E-state index contributed by atoms with van der Waals surface area (Å²) in [7, 11) is 0. The average molecular weight is 413 g/mol. The van der Waals surface area contributed by atoms with Crippen LogP contribution in [0.2, 0.25) is 0 Å². The van der Waals surface area contributed by atoms with Crippen molar-refractivity contribution in [3.63, 3.8) is 0 Å². The van der Waals surface area contributed by atoms with Gasteiger partial charge in [0, 0.05) is 6.42 Å². The molecule has 4 N–H and O–H groups in total. The zero-order chi connectivity index (χ0) is 21.1. The number of nitrogens with two attached hydrogens (primary N) is 1. The first-order valence-corrected chi connectivity index (χ1v) is 9.55. The average Bonchev–Trinajstić information content (AvgIpc) is 2.70. The summed E-state index contributed by atoms with van der Waals surface area (Å²) in [5.41, 5.74) is 7.12. The number of benzene rings is 2. The number of thiocarbonyl (C=S) groups is 1. The molecule has 8 heteroatoms. The molecule has 29 heavy (non-hydrogen) atoms. The van der Waals surface area contributed by atoms with Crippen molar-refractivity contribution >= 4 is 40.8 Å². The van der Waals surface area contributed by atoms with Gasteiger partial charge in [-0.1, -0.05) is 42.5 Å². The molecule has 0 bridgehead atoms. The van der Waals surface area contributed by atoms with Crippen LogP contribution in [0.15, 0.2) is 54.6 Å². The molecule has 0 fully saturated rings. The van der Waals surface area contributed by atoms with Gasteiger partial charge in [-0.15, -0.1) is 0 Å². The number of carbonyl (C=O) groups excluding carboxylic acids is 3. The summed E-state index contributed by atoms with van der Waals surface area (Å²) in [6.45, 7) is 0.305. The van der Waals surface area contributed by atoms with Crippen LogP contribution in [0.3, 0.4) is 0 Å². The molecule has 0 spiro atoms. The van der Waals surface area contributed by atoms with E-state index in [-0.39, 0.29) is 23.5 Å². The molecule has 0 unspecified atom stereocenters. The number of para-hydroxylation sites is 1. The van der Waals surface area contributed by atoms with Crippen molar-refractivity contribution in [2.24, 2.45) is 5.73 Å². The Hall–Kier alpha value is -3.26. The number of ether oxygens (including phenoxy) is 1. The summed E-state index contributed by atoms with van der Waals surface area (Å²) in [4.78, 5) is 35.1. The van der Waals surface area contributed by atoms with Crippen molar-refractivity contribution in [2.75, 3.05) is 11.9 Å². The number of amides is 2. The van der Waals surface area contributed by atoms with Gasteiger partial charge < -0.3 is 21.1 Å². The standard InChI is InChI=1S/C21H23N3O4S/c22-20(27)16-10-4-5-11-17(16)23-21(29)24-18(25)12-13-19(26)28-14-6-9-15-7-2-1-3-8-15/h1-5,7-8,10-11H,6,9,12-14H2,(H2,22,27)(H2,23,24,25,29). The summed E-state index contributed by atoms with van der Waals surface area (Å²) in [5.74, 6) is -1.48. The maximum atomic E-state index is 11.9. The van der Waals surface area contributed by atoms with E-state index in [4.69, 9.17) is 22.7 Å². The molecule has 0 radical (unpaired) electrons. The van der Waals surface area contributed by atoms with Crippen molar-refractivity contribution in [3.05, 3.63) is 65.7 Å². The fourth-order valence-corrected chi connectivity index (χ4v) is 2.77. The van der Waals surface area contributed by atoms with E-state index < -0.39 is 17.8 Å². The van der Waals surface area contributed by atoms with Crippen LogP contribution in [0.25, 0.3) is 0 Å². The van der Waals surface area contributed by atoms with E-state index in [2.05, 4.69) is 10.6 Å². The number of esters is 1. The summed E-state index contributed by atoms with van der Waals surface area (Å²) in [5, 5.41) is 5.22. The van der Waals surface area contributed by atoms with E-state index in [0.717, 1.165) is 12.8 Å². The largest absolute Gasteiger partial charge is 0.466 e. The highest BCUT2D eigenvalue weighted by Crippen LogP contribution is 2.14. The predicted octanol–water partition coefficient (Wildman–Crippen LogP) is 2.55. The van der Waals surface area contributed by atoms with Gasteiger partial charge in [-0.05, 0) is 42.8 Å². The second-order valence-electron chi connectivity index (χ2n) is 6.22. The Bertz CT molecular complexity index is 871. The molecule has 2 amide bonds. The highest BCUT2D eigenvalue weighted by molar-refractivity contribution is 7.80. The molecule has 0 saturated carbocycles. The van der Waals surface area contributed by atoms with Gasteiger partial charge in [0.15, 0.2) is 5.11 Å². The van der Waals surface area contributed by atoms with Crippen LogP contribution >= 0.6 is 12.2 Å². The van der Waals surface area contributed by atoms with Crippen LogP contribution in [0.4, 0.5) is 5.69 Å². The van der Waals surface area contributed by atoms with Crippen molar-refractivity contribution in [1.82, 2.24) is 5.32 Å². The van der Waals surface area contributed by atoms with Crippen molar-refractivity contribution in [3.8, 4) is 0 Å². The van der Waals surface area contributed by atoms with Gasteiger partial charge in [-0.3, -0.25) is 14.4 Å². The molecule has 2 aromatic carbocycles. The Balaban J connectivity index is 1.65. The van der Waals surface area contributed by atoms with Crippen LogP contribution < -0.4 is 16.4 Å². The first-order chi connectivity index (χ1) is 14.0. The topological polar surface area (TPSA) is 111 Å². The molecule has 0 atom stereocenters. The lowest BCUT2D eigenvalue weighted by molar-refractivity contribution is -0.145. The van der Waals surface area contributed by atoms with Gasteiger partial charge in [0.1, 0.15) is 0 Å². The summed E-state index contributed by atoms with van der Waals surface area (Å²) in [6, 6.07) is 16.4. The smallest absolute Gasteiger partial charge is 0.306 e. The Kier molecular flexibility index (Phi) is 8.78. The fourth-order valence-electron chi connectivity index (χ4n) is 2.54. The third-order valence-electron chi connectivity index (χ3n) is 3.97. The van der Waals surface area contributed by atoms with Crippen LogP contribution in [0, 0.1) is 0 Å². The maximum Gasteiger partial charge on any atom is 0.306 e. The third kappa shape index (κ3) is 8.10. The van der Waals surface area contributed by atoms with E-state index in [0.29, 0.717) is 12.3 Å². The van der Waals surface area contributed by atoms with E-state index in [1.54, 1.807) is 24.3 Å². The van der Waals surface area contributed by atoms with E-state index >= 15 is 0 Å². The third-order valence-corrected chi connectivity index (χ3v) is 4.17. The molecule has 152 valence electrons. The molecule has 0 aliphatic rings. The number of nitrogens with one attached hydrogen (secondary N) is 2. The van der Waals surface area contributed by atoms with Crippen LogP contribution in [0.5, 0.6) is 0 Å². The van der Waals surface area contributed by atoms with Crippen LogP contribution in [0.1, 0.15) is 35.2 Å². The molecule has 0 saturated heterocycles. The predicted molar refractivity (Wildman–Crippen MR) is 114 cm³/mol. The van der Waals surface area contributed by atoms with E-state index in [1.165, 1.54) is 5.56 Å². The van der Waals surface area contributed by atoms with Crippen LogP contribution in [-0.2, 0) is 20.7 Å².